The molecule has 1 aliphatic rings. The average Bonchev–Trinajstić information content (AvgIpc) is 2.73. The van der Waals surface area contributed by atoms with E-state index in [2.05, 4.69) is 41.1 Å². The summed E-state index contributed by atoms with van der Waals surface area (Å²) in [5.41, 5.74) is 8.09. The number of amidine groups is 1. The Bertz CT molecular complexity index is 830. The van der Waals surface area contributed by atoms with E-state index in [9.17, 15) is 0 Å². The Hall–Kier alpha value is -2.31. The van der Waals surface area contributed by atoms with Crippen molar-refractivity contribution in [2.45, 2.75) is 26.0 Å². The lowest BCUT2D eigenvalue weighted by Gasteiger charge is -2.34. The Morgan fingerprint density at radius 3 is 2.67 bits per heavy atom. The first kappa shape index (κ1) is 22.4. The Morgan fingerprint density at radius 1 is 1.13 bits per heavy atom. The lowest BCUT2D eigenvalue weighted by Crippen LogP contribution is -2.40. The van der Waals surface area contributed by atoms with Gasteiger partial charge in [0.1, 0.15) is 12.4 Å². The van der Waals surface area contributed by atoms with Gasteiger partial charge in [0.2, 0.25) is 0 Å². The molecule has 1 aliphatic heterocycles. The largest absolute Gasteiger partial charge is 0.492 e. The minimum absolute atomic E-state index is 0.451. The minimum Gasteiger partial charge on any atom is -0.492 e. The number of rotatable bonds is 8. The van der Waals surface area contributed by atoms with Crippen LogP contribution in [0.2, 0.25) is 0 Å². The number of thioether (sulfide) groups is 1. The molecule has 1 heterocycles. The molecule has 2 aromatic rings. The summed E-state index contributed by atoms with van der Waals surface area (Å²) in [4.78, 5) is 2.51. The van der Waals surface area contributed by atoms with E-state index >= 15 is 0 Å². The number of hydrogen-bond donors (Lipinski definition) is 1. The van der Waals surface area contributed by atoms with Crippen LogP contribution in [0, 0.1) is 11.8 Å². The summed E-state index contributed by atoms with van der Waals surface area (Å²) in [5, 5.41) is 8.65. The van der Waals surface area contributed by atoms with Crippen molar-refractivity contribution < 1.29 is 4.74 Å². The van der Waals surface area contributed by atoms with Gasteiger partial charge in [-0.25, -0.2) is 0 Å². The maximum absolute atomic E-state index is 5.97. The Kier molecular flexibility index (Phi) is 8.78. The molecule has 0 saturated carbocycles. The van der Waals surface area contributed by atoms with Gasteiger partial charge < -0.3 is 10.5 Å². The molecule has 1 fully saturated rings. The average molecular weight is 425 g/mol. The van der Waals surface area contributed by atoms with Crippen LogP contribution in [0.4, 0.5) is 0 Å². The predicted octanol–water partition coefficient (Wildman–Crippen LogP) is 4.63. The van der Waals surface area contributed by atoms with Gasteiger partial charge in [0.15, 0.2) is 5.17 Å². The maximum atomic E-state index is 5.97. The smallest absolute Gasteiger partial charge is 0.180 e. The van der Waals surface area contributed by atoms with Gasteiger partial charge in [0.25, 0.3) is 0 Å². The van der Waals surface area contributed by atoms with Gasteiger partial charge in [-0.1, -0.05) is 68.1 Å². The van der Waals surface area contributed by atoms with Crippen LogP contribution in [-0.2, 0) is 5.75 Å². The Balaban J connectivity index is 1.44. The van der Waals surface area contributed by atoms with Gasteiger partial charge in [0, 0.05) is 25.4 Å². The highest BCUT2D eigenvalue weighted by molar-refractivity contribution is 8.13. The van der Waals surface area contributed by atoms with E-state index in [1.165, 1.54) is 36.8 Å². The third-order valence-electron chi connectivity index (χ3n) is 5.07. The molecule has 0 aromatic heterocycles. The van der Waals surface area contributed by atoms with Gasteiger partial charge in [-0.15, -0.1) is 5.10 Å². The van der Waals surface area contributed by atoms with E-state index in [0.29, 0.717) is 11.8 Å². The fourth-order valence-corrected chi connectivity index (χ4v) is 4.48. The summed E-state index contributed by atoms with van der Waals surface area (Å²) < 4.78 is 5.97. The summed E-state index contributed by atoms with van der Waals surface area (Å²) in [6.45, 7) is 8.67. The molecule has 2 N–H and O–H groups in total. The predicted molar refractivity (Wildman–Crippen MR) is 128 cm³/mol. The first-order valence-electron chi connectivity index (χ1n) is 10.6. The lowest BCUT2D eigenvalue weighted by molar-refractivity contribution is 0.120. The van der Waals surface area contributed by atoms with Crippen molar-refractivity contribution >= 4 is 23.1 Å². The molecule has 30 heavy (non-hydrogen) atoms. The fraction of sp³-hybridized carbons (Fsp3) is 0.417. The number of hydrogen-bond acceptors (Lipinski definition) is 5. The third kappa shape index (κ3) is 7.84. The number of benzene rings is 2. The van der Waals surface area contributed by atoms with Crippen LogP contribution in [0.1, 0.15) is 31.4 Å². The number of piperidine rings is 1. The SMILES string of the molecule is CC1CC(C)CN(CCOc2cccc(C=NN=C(N)SCc3ccccc3)c2)C1. The lowest BCUT2D eigenvalue weighted by atomic mass is 9.92. The van der Waals surface area contributed by atoms with Gasteiger partial charge in [-0.05, 0) is 41.5 Å². The molecule has 6 heteroatoms. The number of nitrogens with zero attached hydrogens (tertiary/aromatic N) is 3. The molecule has 0 aliphatic carbocycles. The third-order valence-corrected chi connectivity index (χ3v) is 5.93. The van der Waals surface area contributed by atoms with Gasteiger partial charge in [0.05, 0.1) is 6.21 Å². The molecule has 0 radical (unpaired) electrons. The van der Waals surface area contributed by atoms with E-state index in [0.717, 1.165) is 35.4 Å². The molecule has 3 rings (SSSR count). The molecule has 2 aromatic carbocycles. The molecule has 2 unspecified atom stereocenters. The van der Waals surface area contributed by atoms with Crippen LogP contribution < -0.4 is 10.5 Å². The van der Waals surface area contributed by atoms with Crippen LogP contribution in [0.3, 0.4) is 0 Å². The zero-order chi connectivity index (χ0) is 21.2. The molecule has 0 amide bonds. The van der Waals surface area contributed by atoms with Crippen LogP contribution in [0.25, 0.3) is 0 Å². The molecule has 5 nitrogen and oxygen atoms in total. The van der Waals surface area contributed by atoms with Crippen molar-refractivity contribution in [3.8, 4) is 5.75 Å². The van der Waals surface area contributed by atoms with Gasteiger partial charge in [-0.3, -0.25) is 4.90 Å². The summed E-state index contributed by atoms with van der Waals surface area (Å²) in [6, 6.07) is 18.1. The highest BCUT2D eigenvalue weighted by Gasteiger charge is 2.21. The topological polar surface area (TPSA) is 63.2 Å². The number of nitrogens with two attached hydrogens (primary N) is 1. The first-order valence-corrected chi connectivity index (χ1v) is 11.6. The second-order valence-electron chi connectivity index (χ2n) is 8.08. The van der Waals surface area contributed by atoms with E-state index in [1.54, 1.807) is 6.21 Å². The van der Waals surface area contributed by atoms with Crippen molar-refractivity contribution in [1.29, 1.82) is 0 Å². The van der Waals surface area contributed by atoms with E-state index in [-0.39, 0.29) is 0 Å². The van der Waals surface area contributed by atoms with Gasteiger partial charge >= 0.3 is 0 Å². The molecule has 0 spiro atoms. The number of likely N-dealkylation sites (tertiary alicyclic amines) is 1. The monoisotopic (exact) mass is 424 g/mol. The summed E-state index contributed by atoms with van der Waals surface area (Å²) >= 11 is 1.48. The van der Waals surface area contributed by atoms with Crippen molar-refractivity contribution in [1.82, 2.24) is 4.90 Å². The van der Waals surface area contributed by atoms with Crippen LogP contribution in [0.5, 0.6) is 5.75 Å². The van der Waals surface area contributed by atoms with E-state index in [4.69, 9.17) is 10.5 Å². The zero-order valence-corrected chi connectivity index (χ0v) is 18.7. The second-order valence-corrected chi connectivity index (χ2v) is 9.08. The summed E-state index contributed by atoms with van der Waals surface area (Å²) in [7, 11) is 0. The van der Waals surface area contributed by atoms with Crippen LogP contribution in [-0.4, -0.2) is 42.5 Å². The van der Waals surface area contributed by atoms with Crippen LogP contribution in [0.15, 0.2) is 64.8 Å². The molecular formula is C24H32N4OS. The standard InChI is InChI=1S/C24H32N4OS/c1-19-13-20(2)17-28(16-19)11-12-29-23-10-6-9-22(14-23)15-26-27-24(25)30-18-21-7-4-3-5-8-21/h3-10,14-15,19-20H,11-13,16-18H2,1-2H3,(H2,25,27). The Morgan fingerprint density at radius 2 is 1.90 bits per heavy atom. The molecule has 2 atom stereocenters. The number of ether oxygens (including phenoxy) is 1. The van der Waals surface area contributed by atoms with Gasteiger partial charge in [-0.2, -0.15) is 5.10 Å². The van der Waals surface area contributed by atoms with Crippen molar-refractivity contribution in [2.75, 3.05) is 26.2 Å². The normalized spacial score (nSPS) is 20.5. The highest BCUT2D eigenvalue weighted by Crippen LogP contribution is 2.20. The second kappa shape index (κ2) is 11.8. The van der Waals surface area contributed by atoms with Crippen molar-refractivity contribution in [2.24, 2.45) is 27.8 Å². The first-order chi connectivity index (χ1) is 14.6. The minimum atomic E-state index is 0.451. The molecule has 160 valence electrons. The quantitative estimate of drug-likeness (QED) is 0.381. The zero-order valence-electron chi connectivity index (χ0n) is 17.9. The summed E-state index contributed by atoms with van der Waals surface area (Å²) in [6.07, 6.45) is 3.04. The Labute approximate surface area is 184 Å². The maximum Gasteiger partial charge on any atom is 0.180 e. The van der Waals surface area contributed by atoms with E-state index < -0.39 is 0 Å². The molecule has 1 saturated heterocycles. The van der Waals surface area contributed by atoms with Crippen molar-refractivity contribution in [3.63, 3.8) is 0 Å². The molecular weight excluding hydrogens is 392 g/mol. The molecule has 0 bridgehead atoms. The van der Waals surface area contributed by atoms with Crippen LogP contribution >= 0.6 is 11.8 Å². The fourth-order valence-electron chi connectivity index (χ4n) is 3.86. The summed E-state index contributed by atoms with van der Waals surface area (Å²) in [5.74, 6) is 3.18. The van der Waals surface area contributed by atoms with Crippen molar-refractivity contribution in [3.05, 3.63) is 65.7 Å². The van der Waals surface area contributed by atoms with E-state index in [1.807, 2.05) is 42.5 Å². The highest BCUT2D eigenvalue weighted by atomic mass is 32.2.